The number of carboxylic acids is 1. The number of H-pyrrole nitrogens is 4. The molecule has 18 rings (SSSR count). The number of imidazole rings is 4. The number of carboxylic acid groups (broad SMARTS) is 1. The molecule has 6 aliphatic heterocycles. The monoisotopic (exact) mass is 1880 g/mol. The van der Waals surface area contributed by atoms with Crippen molar-refractivity contribution < 1.29 is 90.9 Å². The molecular weight excluding hydrogens is 1770 g/mol. The standard InChI is InChI=1S/C49H54N8O8.C44H53N7O7.C10H11NO4/c1-26(2)41(54-48(60)63-5)47(59)57-27(3)12-17-38(57)45-51-36-16-14-30-20-35-33-15-13-31(19-32(33)25-65-40(35)21-34(30)43(36)53-45)37-22-50-44(52-37)39-18-28(24-62-4)23-56(39)46(58)42(55-49(61)64-6)29-10-8-7-9-11-29;1-23(2)37(49-42(53)56-8)41(52)51-24(3)9-14-34(51)40-46-32-13-11-26-17-31-29-12-10-27(16-28(29)22-57-36(31)18-30(26)38(32)48-40)33-19-45-39(47-33)35-15-25(21-55-7)20-50(35)43(54)58-44(4,5)6;1-15-10(14)11-8(9(12)13)7-5-3-2-4-6-7/h7-11,13-16,19-22,26-28,38-39,41-42H,12,17-18,23-25H2,1-6H3,(H,50,52)(H,51,53)(H,54,60)(H,55,61);10-13,16-19,23-25,34-35,37H,9,14-15,20-22H2,1-8H3,(H,45,47)(H,46,48)(H,49,53);2-6,8H,1H3,(H,11,14)(H,12,13)/t27-,28-,38-,39?,41-,42+;24-,25-,34-,35?,37-;/m00./s1. The molecular formula is C103H118N16O19. The SMILES string of the molecule is COC(=O)NC(C(=O)O)c1ccccc1.COC[C@H]1CC(c2ncc(-c3ccc4c(c3)COc3cc5c(ccc6[nH]c([C@@H]7CC[C@H](C)N7C(=O)[C@@H](NC(=O)OC)C(C)C)nc65)cc3-4)[nH]2)N(C(=O)OC(C)(C)C)C1.COC[C@H]1CC(c2ncc(-c3ccc4c(c3)COc3cc5c(ccc6[nH]c([C@@H]7CC[C@H](C)N7C(=O)[C@@H](NC(=O)OC)C(C)C)nc65)cc3-4)[nH]2)N(C(=O)[C@H](NC(=O)OC)c2ccccc2)C1. The Kier molecular flexibility index (Phi) is 28.8. The van der Waals surface area contributed by atoms with Crippen LogP contribution < -0.4 is 30.7 Å². The minimum absolute atomic E-state index is 0.0184. The van der Waals surface area contributed by atoms with E-state index >= 15 is 0 Å². The Bertz CT molecular complexity index is 6550. The van der Waals surface area contributed by atoms with E-state index in [-0.39, 0.29) is 83.7 Å². The van der Waals surface area contributed by atoms with Crippen molar-refractivity contribution in [1.29, 1.82) is 0 Å². The molecule has 12 aromatic rings. The topological polar surface area (TPSA) is 433 Å². The second-order valence-corrected chi connectivity index (χ2v) is 37.6. The normalized spacial score (nSPS) is 19.5. The molecule has 3 unspecified atom stereocenters. The molecule has 0 spiro atoms. The van der Waals surface area contributed by atoms with E-state index in [1.54, 1.807) is 60.5 Å². The molecule has 12 atom stereocenters. The zero-order valence-electron chi connectivity index (χ0n) is 80.0. The van der Waals surface area contributed by atoms with Crippen LogP contribution in [0.1, 0.15) is 183 Å². The molecule has 35 nitrogen and oxygen atoms in total. The number of aliphatic carboxylic acids is 1. The first-order chi connectivity index (χ1) is 66.3. The van der Waals surface area contributed by atoms with Gasteiger partial charge in [0.15, 0.2) is 6.04 Å². The molecule has 0 radical (unpaired) electrons. The van der Waals surface area contributed by atoms with Crippen LogP contribution in [0.3, 0.4) is 0 Å². The Morgan fingerprint density at radius 1 is 0.464 bits per heavy atom. The highest BCUT2D eigenvalue weighted by Gasteiger charge is 2.47. The van der Waals surface area contributed by atoms with Gasteiger partial charge in [-0.15, -0.1) is 0 Å². The molecule has 4 aromatic heterocycles. The second-order valence-electron chi connectivity index (χ2n) is 37.6. The van der Waals surface area contributed by atoms with E-state index < -0.39 is 60.1 Å². The third kappa shape index (κ3) is 20.3. The van der Waals surface area contributed by atoms with Gasteiger partial charge in [-0.3, -0.25) is 19.3 Å². The fourth-order valence-electron chi connectivity index (χ4n) is 19.8. The van der Waals surface area contributed by atoms with Crippen LogP contribution in [0.5, 0.6) is 11.5 Å². The van der Waals surface area contributed by atoms with Crippen LogP contribution in [0.2, 0.25) is 0 Å². The molecule has 8 amide bonds. The zero-order chi connectivity index (χ0) is 97.8. The summed E-state index contributed by atoms with van der Waals surface area (Å²) in [5.41, 5.74) is 13.7. The third-order valence-electron chi connectivity index (χ3n) is 26.6. The average molecular weight is 1880 g/mol. The molecule has 0 bridgehead atoms. The number of likely N-dealkylation sites (tertiary alicyclic amines) is 4. The number of fused-ring (bicyclic) bond motifs is 12. The van der Waals surface area contributed by atoms with Gasteiger partial charge in [-0.05, 0) is 189 Å². The lowest BCUT2D eigenvalue weighted by molar-refractivity contribution is -0.140. The number of hydrogen-bond acceptors (Lipinski definition) is 22. The van der Waals surface area contributed by atoms with E-state index in [1.165, 1.54) is 28.4 Å². The first-order valence-corrected chi connectivity index (χ1v) is 46.5. The van der Waals surface area contributed by atoms with Crippen molar-refractivity contribution in [3.8, 4) is 56.3 Å². The Labute approximate surface area is 797 Å². The maximum atomic E-state index is 14.3. The van der Waals surface area contributed by atoms with E-state index in [9.17, 15) is 43.2 Å². The summed E-state index contributed by atoms with van der Waals surface area (Å²) in [6, 6.07) is 42.1. The van der Waals surface area contributed by atoms with Gasteiger partial charge in [-0.2, -0.15) is 0 Å². The number of alkyl carbamates (subject to hydrolysis) is 4. The van der Waals surface area contributed by atoms with Gasteiger partial charge in [-0.1, -0.05) is 125 Å². The lowest BCUT2D eigenvalue weighted by atomic mass is 9.92. The first kappa shape index (κ1) is 96.5. The van der Waals surface area contributed by atoms with Gasteiger partial charge in [0, 0.05) is 73.1 Å². The van der Waals surface area contributed by atoms with Crippen molar-refractivity contribution in [2.75, 3.05) is 69.0 Å². The second kappa shape index (κ2) is 41.1. The van der Waals surface area contributed by atoms with Gasteiger partial charge in [0.25, 0.3) is 5.91 Å². The van der Waals surface area contributed by atoms with E-state index in [0.717, 1.165) is 155 Å². The van der Waals surface area contributed by atoms with Gasteiger partial charge in [0.05, 0.1) is 112 Å². The Balaban J connectivity index is 0.000000174. The van der Waals surface area contributed by atoms with Crippen LogP contribution in [0, 0.1) is 23.7 Å². The lowest BCUT2D eigenvalue weighted by Crippen LogP contribution is -2.52. The maximum Gasteiger partial charge on any atom is 0.410 e. The highest BCUT2D eigenvalue weighted by atomic mass is 16.6. The summed E-state index contributed by atoms with van der Waals surface area (Å²) in [5, 5.41) is 23.3. The number of nitrogens with zero attached hydrogens (tertiary/aromatic N) is 8. The summed E-state index contributed by atoms with van der Waals surface area (Å²) in [7, 11) is 8.38. The van der Waals surface area contributed by atoms with Crippen LogP contribution in [0.15, 0.2) is 158 Å². The smallest absolute Gasteiger partial charge is 0.410 e. The van der Waals surface area contributed by atoms with Crippen molar-refractivity contribution in [2.45, 2.75) is 180 Å². The van der Waals surface area contributed by atoms with Gasteiger partial charge >= 0.3 is 36.4 Å². The summed E-state index contributed by atoms with van der Waals surface area (Å²) in [6.45, 7) is 20.1. The fraction of sp³-hybridized carbons (Fsp3) is 0.408. The zero-order valence-corrected chi connectivity index (χ0v) is 80.0. The molecule has 724 valence electrons. The van der Waals surface area contributed by atoms with Gasteiger partial charge < -0.3 is 104 Å². The number of benzene rings is 8. The van der Waals surface area contributed by atoms with Crippen LogP contribution in [-0.4, -0.2) is 217 Å². The Morgan fingerprint density at radius 3 is 1.29 bits per heavy atom. The molecule has 4 fully saturated rings. The maximum absolute atomic E-state index is 14.3. The van der Waals surface area contributed by atoms with Crippen molar-refractivity contribution in [1.82, 2.24) is 80.7 Å². The molecule has 9 N–H and O–H groups in total. The summed E-state index contributed by atoms with van der Waals surface area (Å²) in [4.78, 5) is 155. The first-order valence-electron chi connectivity index (χ1n) is 46.5. The largest absolute Gasteiger partial charge is 0.488 e. The number of nitrogens with one attached hydrogen (secondary N) is 8. The number of amides is 8. The van der Waals surface area contributed by atoms with Crippen LogP contribution in [0.25, 0.3) is 88.4 Å². The number of ether oxygens (including phenoxy) is 9. The molecule has 138 heavy (non-hydrogen) atoms. The number of aromatic amines is 4. The number of hydrogen-bond donors (Lipinski definition) is 9. The number of carbonyl (C=O) groups excluding carboxylic acids is 8. The molecule has 4 saturated heterocycles. The molecule has 0 aliphatic carbocycles. The highest BCUT2D eigenvalue weighted by Crippen LogP contribution is 2.48. The Morgan fingerprint density at radius 2 is 0.877 bits per heavy atom. The lowest BCUT2D eigenvalue weighted by Gasteiger charge is -2.32. The molecule has 0 saturated carbocycles. The average Bonchev–Trinajstić information content (AvgIpc) is 1.49. The molecule has 8 aromatic carbocycles. The summed E-state index contributed by atoms with van der Waals surface area (Å²) in [5.74, 6) is 2.60. The van der Waals surface area contributed by atoms with E-state index in [4.69, 9.17) is 62.9 Å². The number of carbonyl (C=O) groups is 9. The molecule has 35 heteroatoms. The highest BCUT2D eigenvalue weighted by molar-refractivity contribution is 6.09. The molecule has 6 aliphatic rings. The molecule has 10 heterocycles. The number of methoxy groups -OCH3 is 6. The number of aromatic nitrogens is 8. The third-order valence-corrected chi connectivity index (χ3v) is 26.6. The van der Waals surface area contributed by atoms with Crippen molar-refractivity contribution in [3.63, 3.8) is 0 Å². The van der Waals surface area contributed by atoms with Gasteiger partial charge in [0.2, 0.25) is 11.8 Å². The van der Waals surface area contributed by atoms with Crippen LogP contribution >= 0.6 is 0 Å². The Hall–Kier alpha value is -14.6. The van der Waals surface area contributed by atoms with Crippen molar-refractivity contribution in [3.05, 3.63) is 204 Å². The summed E-state index contributed by atoms with van der Waals surface area (Å²) in [6.07, 6.45) is 5.02. The minimum Gasteiger partial charge on any atom is -0.488 e. The summed E-state index contributed by atoms with van der Waals surface area (Å²) < 4.78 is 48.5. The predicted octanol–water partition coefficient (Wildman–Crippen LogP) is 16.9. The summed E-state index contributed by atoms with van der Waals surface area (Å²) >= 11 is 0. The quantitative estimate of drug-likeness (QED) is 0.0285. The van der Waals surface area contributed by atoms with Gasteiger partial charge in [0.1, 0.15) is 71.7 Å². The minimum atomic E-state index is -1.13. The van der Waals surface area contributed by atoms with Gasteiger partial charge in [-0.25, -0.2) is 48.7 Å². The van der Waals surface area contributed by atoms with Crippen molar-refractivity contribution >= 4 is 97.8 Å². The van der Waals surface area contributed by atoms with Crippen LogP contribution in [-0.2, 0) is 65.5 Å². The fourth-order valence-corrected chi connectivity index (χ4v) is 19.8. The van der Waals surface area contributed by atoms with Crippen LogP contribution in [0.4, 0.5) is 24.0 Å². The van der Waals surface area contributed by atoms with E-state index in [2.05, 4.69) is 119 Å². The number of rotatable bonds is 22. The van der Waals surface area contributed by atoms with E-state index in [0.29, 0.717) is 68.7 Å². The predicted molar refractivity (Wildman–Crippen MR) is 514 cm³/mol. The van der Waals surface area contributed by atoms with Crippen molar-refractivity contribution in [2.24, 2.45) is 23.7 Å². The van der Waals surface area contributed by atoms with E-state index in [1.807, 2.05) is 121 Å².